The molecule has 0 atom stereocenters. The van der Waals surface area contributed by atoms with E-state index in [0.717, 1.165) is 21.3 Å². The van der Waals surface area contributed by atoms with Crippen LogP contribution in [0.25, 0.3) is 10.2 Å². The zero-order valence-electron chi connectivity index (χ0n) is 11.6. The van der Waals surface area contributed by atoms with Crippen molar-refractivity contribution in [3.05, 3.63) is 58.1 Å². The minimum absolute atomic E-state index is 0.156. The summed E-state index contributed by atoms with van der Waals surface area (Å²) in [6.45, 7) is 3.94. The molecular weight excluding hydrogens is 304 g/mol. The Morgan fingerprint density at radius 1 is 1.19 bits per heavy atom. The van der Waals surface area contributed by atoms with Gasteiger partial charge in [0.15, 0.2) is 5.13 Å². The number of halogens is 1. The first-order valence-corrected chi connectivity index (χ1v) is 7.67. The number of hydrogen-bond acceptors (Lipinski definition) is 3. The number of hydrogen-bond donors (Lipinski definition) is 1. The summed E-state index contributed by atoms with van der Waals surface area (Å²) in [7, 11) is 0. The number of nitrogens with zero attached hydrogens (tertiary/aromatic N) is 1. The highest BCUT2D eigenvalue weighted by Gasteiger charge is 2.10. The van der Waals surface area contributed by atoms with Crippen LogP contribution in [0.3, 0.4) is 0 Å². The van der Waals surface area contributed by atoms with Crippen molar-refractivity contribution in [1.29, 1.82) is 0 Å². The molecule has 0 unspecified atom stereocenters. The van der Waals surface area contributed by atoms with Crippen LogP contribution < -0.4 is 5.32 Å². The molecule has 1 aromatic heterocycles. The third-order valence-corrected chi connectivity index (χ3v) is 4.54. The van der Waals surface area contributed by atoms with Gasteiger partial charge >= 0.3 is 0 Å². The minimum Gasteiger partial charge on any atom is -0.298 e. The van der Waals surface area contributed by atoms with Gasteiger partial charge in [0.25, 0.3) is 5.91 Å². The van der Waals surface area contributed by atoms with Crippen LogP contribution in [0.5, 0.6) is 0 Å². The number of rotatable bonds is 2. The SMILES string of the molecule is Cc1ccc(C(=O)Nc2nc3cc(Cl)c(C)cc3s2)cc1. The first-order valence-electron chi connectivity index (χ1n) is 6.47. The van der Waals surface area contributed by atoms with Gasteiger partial charge in [0.05, 0.1) is 10.2 Å². The molecule has 0 saturated carbocycles. The predicted octanol–water partition coefficient (Wildman–Crippen LogP) is 4.82. The normalized spacial score (nSPS) is 10.8. The molecule has 21 heavy (non-hydrogen) atoms. The number of carbonyl (C=O) groups excluding carboxylic acids is 1. The monoisotopic (exact) mass is 316 g/mol. The molecule has 0 fully saturated rings. The zero-order chi connectivity index (χ0) is 15.0. The van der Waals surface area contributed by atoms with Gasteiger partial charge in [-0.1, -0.05) is 40.6 Å². The van der Waals surface area contributed by atoms with E-state index in [1.807, 2.05) is 38.1 Å². The third-order valence-electron chi connectivity index (χ3n) is 3.20. The van der Waals surface area contributed by atoms with Crippen molar-refractivity contribution in [2.75, 3.05) is 5.32 Å². The van der Waals surface area contributed by atoms with Gasteiger partial charge in [0.2, 0.25) is 0 Å². The first kappa shape index (κ1) is 14.0. The molecule has 106 valence electrons. The Morgan fingerprint density at radius 3 is 2.62 bits per heavy atom. The third kappa shape index (κ3) is 2.91. The number of benzene rings is 2. The van der Waals surface area contributed by atoms with E-state index in [4.69, 9.17) is 11.6 Å². The van der Waals surface area contributed by atoms with Crippen LogP contribution in [-0.4, -0.2) is 10.9 Å². The standard InChI is InChI=1S/C16H13ClN2OS/c1-9-3-5-11(6-4-9)15(20)19-16-18-13-8-12(17)10(2)7-14(13)21-16/h3-8H,1-2H3,(H,18,19,20). The topological polar surface area (TPSA) is 42.0 Å². The van der Waals surface area contributed by atoms with Crippen molar-refractivity contribution in [3.8, 4) is 0 Å². The van der Waals surface area contributed by atoms with Crippen LogP contribution >= 0.6 is 22.9 Å². The van der Waals surface area contributed by atoms with Crippen molar-refractivity contribution in [2.24, 2.45) is 0 Å². The van der Waals surface area contributed by atoms with E-state index in [-0.39, 0.29) is 5.91 Å². The molecule has 1 amide bonds. The van der Waals surface area contributed by atoms with Gasteiger partial charge in [-0.25, -0.2) is 4.98 Å². The number of fused-ring (bicyclic) bond motifs is 1. The highest BCUT2D eigenvalue weighted by Crippen LogP contribution is 2.30. The highest BCUT2D eigenvalue weighted by molar-refractivity contribution is 7.22. The summed E-state index contributed by atoms with van der Waals surface area (Å²) in [6, 6.07) is 11.2. The lowest BCUT2D eigenvalue weighted by atomic mass is 10.1. The van der Waals surface area contributed by atoms with E-state index >= 15 is 0 Å². The molecule has 3 nitrogen and oxygen atoms in total. The Labute approximate surface area is 131 Å². The second-order valence-corrected chi connectivity index (χ2v) is 6.35. The Morgan fingerprint density at radius 2 is 1.90 bits per heavy atom. The van der Waals surface area contributed by atoms with Gasteiger partial charge < -0.3 is 0 Å². The molecule has 5 heteroatoms. The summed E-state index contributed by atoms with van der Waals surface area (Å²) in [4.78, 5) is 16.6. The molecule has 0 aliphatic rings. The van der Waals surface area contributed by atoms with Gasteiger partial charge in [-0.05, 0) is 43.7 Å². The molecule has 0 radical (unpaired) electrons. The average Bonchev–Trinajstić information content (AvgIpc) is 2.81. The van der Waals surface area contributed by atoms with E-state index in [9.17, 15) is 4.79 Å². The molecule has 1 N–H and O–H groups in total. The first-order chi connectivity index (χ1) is 10.0. The number of anilines is 1. The average molecular weight is 317 g/mol. The van der Waals surface area contributed by atoms with E-state index < -0.39 is 0 Å². The largest absolute Gasteiger partial charge is 0.298 e. The van der Waals surface area contributed by atoms with Gasteiger partial charge in [-0.2, -0.15) is 0 Å². The van der Waals surface area contributed by atoms with Crippen LogP contribution in [0, 0.1) is 13.8 Å². The van der Waals surface area contributed by atoms with Crippen molar-refractivity contribution in [2.45, 2.75) is 13.8 Å². The van der Waals surface area contributed by atoms with E-state index in [1.165, 1.54) is 11.3 Å². The van der Waals surface area contributed by atoms with Crippen LogP contribution in [0.2, 0.25) is 5.02 Å². The van der Waals surface area contributed by atoms with Crippen LogP contribution in [0.1, 0.15) is 21.5 Å². The molecule has 0 bridgehead atoms. The van der Waals surface area contributed by atoms with Crippen molar-refractivity contribution < 1.29 is 4.79 Å². The summed E-state index contributed by atoms with van der Waals surface area (Å²) in [6.07, 6.45) is 0. The molecular formula is C16H13ClN2OS. The lowest BCUT2D eigenvalue weighted by Gasteiger charge is -2.01. The van der Waals surface area contributed by atoms with Crippen LogP contribution in [0.15, 0.2) is 36.4 Å². The van der Waals surface area contributed by atoms with Gasteiger partial charge in [0, 0.05) is 10.6 Å². The predicted molar refractivity (Wildman–Crippen MR) is 88.5 cm³/mol. The summed E-state index contributed by atoms with van der Waals surface area (Å²) in [5.41, 5.74) is 3.55. The van der Waals surface area contributed by atoms with Gasteiger partial charge in [0.1, 0.15) is 0 Å². The highest BCUT2D eigenvalue weighted by atomic mass is 35.5. The maximum Gasteiger partial charge on any atom is 0.257 e. The molecule has 0 saturated heterocycles. The fourth-order valence-corrected chi connectivity index (χ4v) is 3.08. The molecule has 0 spiro atoms. The number of aromatic nitrogens is 1. The van der Waals surface area contributed by atoms with Crippen LogP contribution in [-0.2, 0) is 0 Å². The number of amides is 1. The maximum absolute atomic E-state index is 12.2. The molecule has 0 aliphatic carbocycles. The number of aryl methyl sites for hydroxylation is 2. The second-order valence-electron chi connectivity index (χ2n) is 4.91. The Kier molecular flexibility index (Phi) is 3.66. The second kappa shape index (κ2) is 5.47. The Bertz CT molecular complexity index is 785. The number of nitrogens with one attached hydrogen (secondary N) is 1. The van der Waals surface area contributed by atoms with E-state index in [2.05, 4.69) is 10.3 Å². The van der Waals surface area contributed by atoms with Gasteiger partial charge in [-0.3, -0.25) is 10.1 Å². The maximum atomic E-state index is 12.2. The van der Waals surface area contributed by atoms with Crippen molar-refractivity contribution in [3.63, 3.8) is 0 Å². The van der Waals surface area contributed by atoms with Crippen LogP contribution in [0.4, 0.5) is 5.13 Å². The number of carbonyl (C=O) groups is 1. The van der Waals surface area contributed by atoms with E-state index in [0.29, 0.717) is 15.7 Å². The minimum atomic E-state index is -0.156. The Balaban J connectivity index is 1.87. The zero-order valence-corrected chi connectivity index (χ0v) is 13.2. The van der Waals surface area contributed by atoms with E-state index in [1.54, 1.807) is 12.1 Å². The summed E-state index contributed by atoms with van der Waals surface area (Å²) in [5.74, 6) is -0.156. The molecule has 3 aromatic rings. The van der Waals surface area contributed by atoms with Crippen molar-refractivity contribution >= 4 is 44.2 Å². The summed E-state index contributed by atoms with van der Waals surface area (Å²) >= 11 is 7.54. The fraction of sp³-hybridized carbons (Fsp3) is 0.125. The molecule has 1 heterocycles. The van der Waals surface area contributed by atoms with Crippen molar-refractivity contribution in [1.82, 2.24) is 4.98 Å². The smallest absolute Gasteiger partial charge is 0.257 e. The summed E-state index contributed by atoms with van der Waals surface area (Å²) < 4.78 is 1.01. The lowest BCUT2D eigenvalue weighted by molar-refractivity contribution is 0.102. The Hall–Kier alpha value is -1.91. The quantitative estimate of drug-likeness (QED) is 0.736. The van der Waals surface area contributed by atoms with Gasteiger partial charge in [-0.15, -0.1) is 0 Å². The molecule has 3 rings (SSSR count). The summed E-state index contributed by atoms with van der Waals surface area (Å²) in [5, 5.41) is 4.10. The fourth-order valence-electron chi connectivity index (χ4n) is 1.98. The molecule has 2 aromatic carbocycles. The molecule has 0 aliphatic heterocycles. The lowest BCUT2D eigenvalue weighted by Crippen LogP contribution is -2.11. The number of thiazole rings is 1.